The van der Waals surface area contributed by atoms with Gasteiger partial charge >= 0.3 is 0 Å². The van der Waals surface area contributed by atoms with E-state index >= 15 is 0 Å². The third-order valence-electron chi connectivity index (χ3n) is 7.44. The summed E-state index contributed by atoms with van der Waals surface area (Å²) in [4.78, 5) is 0. The van der Waals surface area contributed by atoms with E-state index in [2.05, 4.69) is 27.7 Å². The zero-order chi connectivity index (χ0) is 11.8. The molecule has 0 aliphatic heterocycles. The Balaban J connectivity index is 2.18. The van der Waals surface area contributed by atoms with Crippen molar-refractivity contribution in [3.8, 4) is 0 Å². The lowest BCUT2D eigenvalue weighted by Gasteiger charge is -2.57. The van der Waals surface area contributed by atoms with Crippen LogP contribution in [0.5, 0.6) is 0 Å². The van der Waals surface area contributed by atoms with Crippen LogP contribution in [-0.4, -0.2) is 11.2 Å². The molecule has 1 N–H and O–H groups in total. The van der Waals surface area contributed by atoms with Gasteiger partial charge in [-0.2, -0.15) is 0 Å². The summed E-state index contributed by atoms with van der Waals surface area (Å²) in [5, 5.41) is 10.5. The minimum atomic E-state index is -0.0522. The zero-order valence-corrected chi connectivity index (χ0v) is 11.3. The van der Waals surface area contributed by atoms with Crippen LogP contribution in [0.1, 0.15) is 66.2 Å². The summed E-state index contributed by atoms with van der Waals surface area (Å²) in [6, 6.07) is 0. The smallest absolute Gasteiger partial charge is 0.0604 e. The van der Waals surface area contributed by atoms with Gasteiger partial charge in [0.15, 0.2) is 0 Å². The maximum atomic E-state index is 10.5. The molecule has 3 aliphatic rings. The van der Waals surface area contributed by atoms with E-state index in [1.807, 2.05) is 0 Å². The van der Waals surface area contributed by atoms with E-state index < -0.39 is 0 Å². The molecule has 0 amide bonds. The Bertz CT molecular complexity index is 334. The molecule has 3 aliphatic carbocycles. The highest BCUT2D eigenvalue weighted by atomic mass is 16.3. The maximum absolute atomic E-state index is 10.5. The van der Waals surface area contributed by atoms with Crippen molar-refractivity contribution in [1.29, 1.82) is 0 Å². The highest BCUT2D eigenvalue weighted by Gasteiger charge is 2.75. The SMILES string of the molecule is CC1(C)CCC[C@@]2(C)[C@@]13CC[C@@]2(C)[C@@H](O)C3. The molecule has 3 saturated carbocycles. The average Bonchev–Trinajstić information content (AvgIpc) is 2.50. The van der Waals surface area contributed by atoms with Crippen molar-refractivity contribution in [2.24, 2.45) is 21.7 Å². The Hall–Kier alpha value is -0.0400. The van der Waals surface area contributed by atoms with Gasteiger partial charge in [-0.3, -0.25) is 0 Å². The van der Waals surface area contributed by atoms with Crippen LogP contribution in [-0.2, 0) is 0 Å². The second kappa shape index (κ2) is 2.68. The molecule has 0 aromatic rings. The first kappa shape index (κ1) is 11.1. The maximum Gasteiger partial charge on any atom is 0.0604 e. The van der Waals surface area contributed by atoms with E-state index in [0.29, 0.717) is 16.2 Å². The van der Waals surface area contributed by atoms with Gasteiger partial charge in [0.25, 0.3) is 0 Å². The summed E-state index contributed by atoms with van der Waals surface area (Å²) in [6.07, 6.45) is 7.65. The molecule has 0 heterocycles. The largest absolute Gasteiger partial charge is 0.393 e. The second-order valence-corrected chi connectivity index (χ2v) is 7.79. The van der Waals surface area contributed by atoms with Crippen molar-refractivity contribution in [2.75, 3.05) is 0 Å². The Labute approximate surface area is 99.6 Å². The van der Waals surface area contributed by atoms with Gasteiger partial charge < -0.3 is 5.11 Å². The Morgan fingerprint density at radius 1 is 0.938 bits per heavy atom. The molecule has 3 fully saturated rings. The highest BCUT2D eigenvalue weighted by molar-refractivity contribution is 5.24. The molecule has 16 heavy (non-hydrogen) atoms. The van der Waals surface area contributed by atoms with E-state index in [9.17, 15) is 5.11 Å². The van der Waals surface area contributed by atoms with Crippen LogP contribution in [0.25, 0.3) is 0 Å². The molecule has 4 atom stereocenters. The molecule has 0 saturated heterocycles. The van der Waals surface area contributed by atoms with Crippen molar-refractivity contribution in [1.82, 2.24) is 0 Å². The third kappa shape index (κ3) is 0.836. The van der Waals surface area contributed by atoms with Gasteiger partial charge in [0.05, 0.1) is 6.10 Å². The second-order valence-electron chi connectivity index (χ2n) is 7.79. The molecule has 0 aromatic carbocycles. The van der Waals surface area contributed by atoms with E-state index in [1.165, 1.54) is 32.1 Å². The standard InChI is InChI=1S/C15H26O/c1-12(2)6-5-7-14(4)13(3)8-9-15(12,14)10-11(13)16/h11,16H,5-10H2,1-4H3/t11-,13-,14+,15+/m0/s1. The van der Waals surface area contributed by atoms with Gasteiger partial charge in [0.2, 0.25) is 0 Å². The van der Waals surface area contributed by atoms with E-state index in [-0.39, 0.29) is 11.5 Å². The van der Waals surface area contributed by atoms with Gasteiger partial charge in [-0.1, -0.05) is 34.1 Å². The quantitative estimate of drug-likeness (QED) is 0.662. The van der Waals surface area contributed by atoms with Gasteiger partial charge in [-0.05, 0) is 53.8 Å². The van der Waals surface area contributed by atoms with Crippen LogP contribution in [0.4, 0.5) is 0 Å². The summed E-state index contributed by atoms with van der Waals surface area (Å²) in [5.41, 5.74) is 1.44. The van der Waals surface area contributed by atoms with Crippen molar-refractivity contribution in [3.63, 3.8) is 0 Å². The molecule has 0 spiro atoms. The number of hydrogen-bond acceptors (Lipinski definition) is 1. The average molecular weight is 222 g/mol. The van der Waals surface area contributed by atoms with Crippen LogP contribution in [0.3, 0.4) is 0 Å². The summed E-state index contributed by atoms with van der Waals surface area (Å²) in [7, 11) is 0. The fourth-order valence-corrected chi connectivity index (χ4v) is 6.00. The van der Waals surface area contributed by atoms with Gasteiger partial charge in [-0.15, -0.1) is 0 Å². The molecule has 1 heteroatoms. The molecule has 0 radical (unpaired) electrons. The summed E-state index contributed by atoms with van der Waals surface area (Å²) < 4.78 is 0. The van der Waals surface area contributed by atoms with Crippen LogP contribution in [0.2, 0.25) is 0 Å². The van der Waals surface area contributed by atoms with Gasteiger partial charge in [-0.25, -0.2) is 0 Å². The Morgan fingerprint density at radius 2 is 1.62 bits per heavy atom. The van der Waals surface area contributed by atoms with Crippen molar-refractivity contribution >= 4 is 0 Å². The number of aliphatic hydroxyl groups excluding tert-OH is 1. The van der Waals surface area contributed by atoms with Crippen LogP contribution in [0, 0.1) is 21.7 Å². The predicted octanol–water partition coefficient (Wildman–Crippen LogP) is 3.75. The summed E-state index contributed by atoms with van der Waals surface area (Å²) in [6.45, 7) is 9.74. The van der Waals surface area contributed by atoms with Crippen LogP contribution in [0.15, 0.2) is 0 Å². The lowest BCUT2D eigenvalue weighted by molar-refractivity contribution is -0.0830. The summed E-state index contributed by atoms with van der Waals surface area (Å²) >= 11 is 0. The molecular formula is C15H26O. The topological polar surface area (TPSA) is 20.2 Å². The Morgan fingerprint density at radius 3 is 2.19 bits per heavy atom. The van der Waals surface area contributed by atoms with Gasteiger partial charge in [0.1, 0.15) is 0 Å². The molecule has 0 unspecified atom stereocenters. The number of aliphatic hydroxyl groups is 1. The highest BCUT2D eigenvalue weighted by Crippen LogP contribution is 2.80. The molecule has 0 aromatic heterocycles. The molecule has 1 nitrogen and oxygen atoms in total. The first-order chi connectivity index (χ1) is 7.29. The normalized spacial score (nSPS) is 58.7. The van der Waals surface area contributed by atoms with Crippen molar-refractivity contribution in [3.05, 3.63) is 0 Å². The first-order valence-corrected chi connectivity index (χ1v) is 6.97. The number of hydrogen-bond donors (Lipinski definition) is 1. The molecular weight excluding hydrogens is 196 g/mol. The lowest BCUT2D eigenvalue weighted by Crippen LogP contribution is -2.49. The van der Waals surface area contributed by atoms with E-state index in [4.69, 9.17) is 0 Å². The zero-order valence-electron chi connectivity index (χ0n) is 11.3. The third-order valence-corrected chi connectivity index (χ3v) is 7.44. The molecule has 3 rings (SSSR count). The van der Waals surface area contributed by atoms with Crippen LogP contribution >= 0.6 is 0 Å². The monoisotopic (exact) mass is 222 g/mol. The molecule has 92 valence electrons. The van der Waals surface area contributed by atoms with Crippen molar-refractivity contribution in [2.45, 2.75) is 72.3 Å². The first-order valence-electron chi connectivity index (χ1n) is 6.97. The van der Waals surface area contributed by atoms with E-state index in [1.54, 1.807) is 0 Å². The van der Waals surface area contributed by atoms with E-state index in [0.717, 1.165) is 6.42 Å². The van der Waals surface area contributed by atoms with Crippen molar-refractivity contribution < 1.29 is 5.11 Å². The van der Waals surface area contributed by atoms with Crippen LogP contribution < -0.4 is 0 Å². The fourth-order valence-electron chi connectivity index (χ4n) is 6.00. The summed E-state index contributed by atoms with van der Waals surface area (Å²) in [5.74, 6) is 0. The minimum Gasteiger partial charge on any atom is -0.393 e. The lowest BCUT2D eigenvalue weighted by atomic mass is 9.47. The molecule has 2 bridgehead atoms. The minimum absolute atomic E-state index is 0.0522. The predicted molar refractivity (Wildman–Crippen MR) is 66.1 cm³/mol. The number of rotatable bonds is 0. The Kier molecular flexibility index (Phi) is 1.86. The fraction of sp³-hybridized carbons (Fsp3) is 1.00. The van der Waals surface area contributed by atoms with Gasteiger partial charge in [0, 0.05) is 0 Å².